The van der Waals surface area contributed by atoms with Crippen molar-refractivity contribution in [2.75, 3.05) is 0 Å². The molecule has 0 bridgehead atoms. The summed E-state index contributed by atoms with van der Waals surface area (Å²) in [6, 6.07) is 3.91. The van der Waals surface area contributed by atoms with Crippen molar-refractivity contribution in [3.63, 3.8) is 0 Å². The minimum absolute atomic E-state index is 0.475. The highest BCUT2D eigenvalue weighted by molar-refractivity contribution is 7.16. The van der Waals surface area contributed by atoms with Crippen LogP contribution in [0.25, 0.3) is 0 Å². The average Bonchev–Trinajstić information content (AvgIpc) is 2.67. The molecule has 0 aliphatic heterocycles. The van der Waals surface area contributed by atoms with Crippen LogP contribution in [-0.2, 0) is 6.42 Å². The minimum atomic E-state index is -0.548. The molecule has 1 aliphatic rings. The van der Waals surface area contributed by atoms with E-state index in [1.165, 1.54) is 4.88 Å². The number of thiophene rings is 1. The minimum Gasteiger partial charge on any atom is -0.390 e. The highest BCUT2D eigenvalue weighted by Crippen LogP contribution is 2.47. The zero-order chi connectivity index (χ0) is 10.3. The fourth-order valence-corrected chi connectivity index (χ4v) is 3.37. The van der Waals surface area contributed by atoms with Crippen LogP contribution in [-0.4, -0.2) is 10.7 Å². The normalized spacial score (nSPS) is 30.0. The lowest BCUT2D eigenvalue weighted by atomic mass is 9.94. The molecule has 0 amide bonds. The van der Waals surface area contributed by atoms with Crippen molar-refractivity contribution in [3.05, 3.63) is 21.3 Å². The predicted molar refractivity (Wildman–Crippen MR) is 60.9 cm³/mol. The Kier molecular flexibility index (Phi) is 2.63. The zero-order valence-corrected chi connectivity index (χ0v) is 10.0. The molecule has 1 saturated carbocycles. The molecule has 0 saturated heterocycles. The number of hydrogen-bond donors (Lipinski definition) is 1. The van der Waals surface area contributed by atoms with E-state index >= 15 is 0 Å². The quantitative estimate of drug-likeness (QED) is 0.845. The highest BCUT2D eigenvalue weighted by atomic mass is 35.5. The molecule has 1 aromatic heterocycles. The summed E-state index contributed by atoms with van der Waals surface area (Å²) in [5, 5.41) is 10.3. The molecule has 0 aromatic carbocycles. The second-order valence-corrected chi connectivity index (χ2v) is 6.36. The van der Waals surface area contributed by atoms with E-state index in [0.717, 1.165) is 17.2 Å². The van der Waals surface area contributed by atoms with Gasteiger partial charge >= 0.3 is 0 Å². The molecule has 1 heterocycles. The third kappa shape index (κ3) is 2.13. The second-order valence-electron chi connectivity index (χ2n) is 4.56. The Morgan fingerprint density at radius 2 is 2.29 bits per heavy atom. The van der Waals surface area contributed by atoms with Crippen molar-refractivity contribution in [2.24, 2.45) is 11.8 Å². The maximum absolute atomic E-state index is 10.3. The van der Waals surface area contributed by atoms with Crippen molar-refractivity contribution < 1.29 is 5.11 Å². The van der Waals surface area contributed by atoms with E-state index in [9.17, 15) is 5.11 Å². The van der Waals surface area contributed by atoms with E-state index in [2.05, 4.69) is 6.92 Å². The van der Waals surface area contributed by atoms with Crippen molar-refractivity contribution in [2.45, 2.75) is 32.3 Å². The predicted octanol–water partition coefficient (Wildman–Crippen LogP) is 3.35. The molecule has 3 atom stereocenters. The van der Waals surface area contributed by atoms with Crippen molar-refractivity contribution in [1.29, 1.82) is 0 Å². The van der Waals surface area contributed by atoms with Gasteiger partial charge in [0.25, 0.3) is 0 Å². The lowest BCUT2D eigenvalue weighted by molar-refractivity contribution is 0.0333. The zero-order valence-electron chi connectivity index (χ0n) is 8.46. The maximum atomic E-state index is 10.3. The molecule has 3 unspecified atom stereocenters. The van der Waals surface area contributed by atoms with Crippen LogP contribution in [0.2, 0.25) is 4.34 Å². The van der Waals surface area contributed by atoms with Gasteiger partial charge in [0.05, 0.1) is 9.94 Å². The summed E-state index contributed by atoms with van der Waals surface area (Å²) < 4.78 is 0.805. The third-order valence-electron chi connectivity index (χ3n) is 3.07. The Morgan fingerprint density at radius 1 is 1.64 bits per heavy atom. The average molecular weight is 231 g/mol. The van der Waals surface area contributed by atoms with Crippen LogP contribution >= 0.6 is 22.9 Å². The molecule has 0 spiro atoms. The second kappa shape index (κ2) is 3.51. The van der Waals surface area contributed by atoms with Crippen molar-refractivity contribution >= 4 is 22.9 Å². The first-order valence-electron chi connectivity index (χ1n) is 4.95. The first-order valence-corrected chi connectivity index (χ1v) is 6.15. The van der Waals surface area contributed by atoms with Gasteiger partial charge in [0.2, 0.25) is 0 Å². The van der Waals surface area contributed by atoms with E-state index in [0.29, 0.717) is 11.8 Å². The van der Waals surface area contributed by atoms with Crippen LogP contribution in [0.5, 0.6) is 0 Å². The van der Waals surface area contributed by atoms with E-state index in [1.807, 2.05) is 19.1 Å². The molecule has 1 fully saturated rings. The number of halogens is 1. The smallest absolute Gasteiger partial charge is 0.0931 e. The topological polar surface area (TPSA) is 20.2 Å². The monoisotopic (exact) mass is 230 g/mol. The van der Waals surface area contributed by atoms with Crippen LogP contribution in [0.15, 0.2) is 12.1 Å². The van der Waals surface area contributed by atoms with Gasteiger partial charge in [-0.15, -0.1) is 11.3 Å². The standard InChI is InChI=1S/C11H15ClOS/c1-7-5-9(7)11(2,13)6-8-3-4-10(12)14-8/h3-4,7,9,13H,5-6H2,1-2H3. The molecule has 1 aromatic rings. The van der Waals surface area contributed by atoms with E-state index in [1.54, 1.807) is 11.3 Å². The number of hydrogen-bond acceptors (Lipinski definition) is 2. The molecule has 0 radical (unpaired) electrons. The van der Waals surface area contributed by atoms with Crippen LogP contribution in [0.1, 0.15) is 25.1 Å². The Morgan fingerprint density at radius 3 is 2.71 bits per heavy atom. The molecule has 1 aliphatic carbocycles. The van der Waals surface area contributed by atoms with Crippen molar-refractivity contribution in [1.82, 2.24) is 0 Å². The van der Waals surface area contributed by atoms with Gasteiger partial charge in [-0.1, -0.05) is 18.5 Å². The first kappa shape index (κ1) is 10.5. The van der Waals surface area contributed by atoms with E-state index in [4.69, 9.17) is 11.6 Å². The van der Waals surface area contributed by atoms with Gasteiger partial charge in [0.15, 0.2) is 0 Å². The maximum Gasteiger partial charge on any atom is 0.0931 e. The van der Waals surface area contributed by atoms with Gasteiger partial charge in [-0.05, 0) is 37.3 Å². The summed E-state index contributed by atoms with van der Waals surface area (Å²) >= 11 is 7.42. The van der Waals surface area contributed by atoms with Crippen LogP contribution in [0.4, 0.5) is 0 Å². The number of aliphatic hydroxyl groups is 1. The van der Waals surface area contributed by atoms with E-state index in [-0.39, 0.29) is 0 Å². The summed E-state index contributed by atoms with van der Waals surface area (Å²) in [7, 11) is 0. The summed E-state index contributed by atoms with van der Waals surface area (Å²) in [5.74, 6) is 1.16. The largest absolute Gasteiger partial charge is 0.390 e. The molecular formula is C11H15ClOS. The Hall–Kier alpha value is -0.0500. The molecule has 2 rings (SSSR count). The van der Waals surface area contributed by atoms with Gasteiger partial charge in [0.1, 0.15) is 0 Å². The first-order chi connectivity index (χ1) is 6.49. The third-order valence-corrected chi connectivity index (χ3v) is 4.30. The van der Waals surface area contributed by atoms with E-state index < -0.39 is 5.60 Å². The van der Waals surface area contributed by atoms with Gasteiger partial charge in [-0.3, -0.25) is 0 Å². The lowest BCUT2D eigenvalue weighted by Gasteiger charge is -2.22. The molecular weight excluding hydrogens is 216 g/mol. The Bertz CT molecular complexity index is 332. The molecule has 3 heteroatoms. The molecule has 1 N–H and O–H groups in total. The Labute approximate surface area is 93.7 Å². The van der Waals surface area contributed by atoms with Gasteiger partial charge < -0.3 is 5.11 Å². The van der Waals surface area contributed by atoms with Crippen molar-refractivity contribution in [3.8, 4) is 0 Å². The highest BCUT2D eigenvalue weighted by Gasteiger charge is 2.46. The molecule has 78 valence electrons. The SMILES string of the molecule is CC1CC1C(C)(O)Cc1ccc(Cl)s1. The summed E-state index contributed by atoms with van der Waals surface area (Å²) in [5.41, 5.74) is -0.548. The fourth-order valence-electron chi connectivity index (χ4n) is 2.12. The summed E-state index contributed by atoms with van der Waals surface area (Å²) in [6.07, 6.45) is 1.89. The fraction of sp³-hybridized carbons (Fsp3) is 0.636. The summed E-state index contributed by atoms with van der Waals surface area (Å²) in [4.78, 5) is 1.18. The lowest BCUT2D eigenvalue weighted by Crippen LogP contribution is -2.30. The summed E-state index contributed by atoms with van der Waals surface area (Å²) in [6.45, 7) is 4.13. The van der Waals surface area contributed by atoms with Gasteiger partial charge in [0, 0.05) is 11.3 Å². The Balaban J connectivity index is 2.03. The van der Waals surface area contributed by atoms with Gasteiger partial charge in [-0.2, -0.15) is 0 Å². The number of rotatable bonds is 3. The van der Waals surface area contributed by atoms with Gasteiger partial charge in [-0.25, -0.2) is 0 Å². The van der Waals surface area contributed by atoms with Crippen LogP contribution in [0, 0.1) is 11.8 Å². The molecule has 14 heavy (non-hydrogen) atoms. The molecule has 1 nitrogen and oxygen atoms in total. The van der Waals surface area contributed by atoms with Crippen LogP contribution < -0.4 is 0 Å². The van der Waals surface area contributed by atoms with Crippen LogP contribution in [0.3, 0.4) is 0 Å².